The first-order chi connectivity index (χ1) is 12.5. The highest BCUT2D eigenvalue weighted by molar-refractivity contribution is 9.10. The lowest BCUT2D eigenvalue weighted by atomic mass is 9.63. The van der Waals surface area contributed by atoms with Crippen molar-refractivity contribution in [3.05, 3.63) is 40.9 Å². The quantitative estimate of drug-likeness (QED) is 0.329. The van der Waals surface area contributed by atoms with E-state index in [1.807, 2.05) is 0 Å². The molecule has 5 nitrogen and oxygen atoms in total. The van der Waals surface area contributed by atoms with Gasteiger partial charge in [0.1, 0.15) is 11.8 Å². The van der Waals surface area contributed by atoms with Crippen LogP contribution in [0.2, 0.25) is 0 Å². The molecular weight excluding hydrogens is 398 g/mol. The summed E-state index contributed by atoms with van der Waals surface area (Å²) in [5.41, 5.74) is 0. The van der Waals surface area contributed by atoms with Crippen LogP contribution in [-0.4, -0.2) is 28.7 Å². The molecule has 1 aromatic rings. The molecule has 0 spiro atoms. The Morgan fingerprint density at radius 1 is 1.08 bits per heavy atom. The first-order valence-corrected chi connectivity index (χ1v) is 9.79. The third-order valence-corrected chi connectivity index (χ3v) is 6.99. The number of ether oxygens (including phenoxy) is 1. The summed E-state index contributed by atoms with van der Waals surface area (Å²) < 4.78 is 6.25. The summed E-state index contributed by atoms with van der Waals surface area (Å²) in [6, 6.07) is 5.95. The number of carbonyl (C=O) groups is 3. The molecule has 3 fully saturated rings. The van der Waals surface area contributed by atoms with Crippen molar-refractivity contribution in [2.75, 3.05) is 0 Å². The van der Waals surface area contributed by atoms with Gasteiger partial charge in [0.25, 0.3) is 0 Å². The topological polar surface area (TPSA) is 63.7 Å². The second-order valence-corrected chi connectivity index (χ2v) is 8.67. The van der Waals surface area contributed by atoms with E-state index in [4.69, 9.17) is 4.74 Å². The van der Waals surface area contributed by atoms with Crippen molar-refractivity contribution in [3.63, 3.8) is 0 Å². The number of halogens is 1. The molecule has 6 heteroatoms. The molecule has 6 rings (SSSR count). The maximum Gasteiger partial charge on any atom is 0.334 e. The Hall–Kier alpha value is -1.95. The van der Waals surface area contributed by atoms with Crippen molar-refractivity contribution in [2.24, 2.45) is 35.5 Å². The average molecular weight is 416 g/mol. The summed E-state index contributed by atoms with van der Waals surface area (Å²) in [5.74, 6) is 0.240. The first kappa shape index (κ1) is 16.2. The van der Waals surface area contributed by atoms with Gasteiger partial charge in [0.2, 0.25) is 11.8 Å². The Labute approximate surface area is 159 Å². The highest BCUT2D eigenvalue weighted by Gasteiger charge is 2.67. The monoisotopic (exact) mass is 415 g/mol. The van der Waals surface area contributed by atoms with Crippen LogP contribution in [0, 0.1) is 35.5 Å². The number of carbonyl (C=O) groups excluding carboxylic acids is 3. The predicted octanol–water partition coefficient (Wildman–Crippen LogP) is 2.80. The Balaban J connectivity index is 1.37. The third kappa shape index (κ3) is 2.17. The number of esters is 1. The maximum absolute atomic E-state index is 13.0. The molecule has 5 aliphatic rings. The normalized spacial score (nSPS) is 37.4. The van der Waals surface area contributed by atoms with Crippen LogP contribution in [-0.2, 0) is 14.4 Å². The lowest BCUT2D eigenvalue weighted by Gasteiger charge is -2.37. The van der Waals surface area contributed by atoms with Gasteiger partial charge >= 0.3 is 5.97 Å². The molecule has 26 heavy (non-hydrogen) atoms. The molecule has 1 saturated heterocycles. The summed E-state index contributed by atoms with van der Waals surface area (Å²) in [5, 5.41) is 0. The van der Waals surface area contributed by atoms with Crippen molar-refractivity contribution < 1.29 is 19.1 Å². The van der Waals surface area contributed by atoms with Gasteiger partial charge in [-0.15, -0.1) is 0 Å². The Morgan fingerprint density at radius 3 is 2.15 bits per heavy atom. The summed E-state index contributed by atoms with van der Waals surface area (Å²) in [6.45, 7) is 1.57. The van der Waals surface area contributed by atoms with Gasteiger partial charge in [-0.05, 0) is 61.3 Å². The summed E-state index contributed by atoms with van der Waals surface area (Å²) in [4.78, 5) is 39.7. The zero-order chi connectivity index (χ0) is 18.2. The third-order valence-electron chi connectivity index (χ3n) is 6.46. The minimum absolute atomic E-state index is 0.158. The van der Waals surface area contributed by atoms with Crippen LogP contribution in [0.3, 0.4) is 0 Å². The van der Waals surface area contributed by atoms with Gasteiger partial charge in [0, 0.05) is 4.47 Å². The number of allylic oxidation sites excluding steroid dienone is 2. The summed E-state index contributed by atoms with van der Waals surface area (Å²) >= 11 is 3.33. The average Bonchev–Trinajstić information content (AvgIpc) is 3.41. The zero-order valence-electron chi connectivity index (χ0n) is 14.2. The number of hydrogen-bond donors (Lipinski definition) is 0. The number of imide groups is 1. The molecule has 134 valence electrons. The number of nitrogens with zero attached hydrogens (tertiary/aromatic N) is 1. The van der Waals surface area contributed by atoms with Crippen LogP contribution >= 0.6 is 15.9 Å². The standard InChI is InChI=1S/C20H18BrNO4/c1-9(20(25)26-11-4-2-10(21)3-5-11)22-18(23)16-12-6-7-13(15-8-14(12)15)17(16)19(22)24/h2-7,9,12-17H,8H2,1H3/t9-,12-,13+,14+,15-,16+,17-/m0/s1. The molecule has 4 aliphatic carbocycles. The van der Waals surface area contributed by atoms with Crippen LogP contribution in [0.5, 0.6) is 5.75 Å². The number of hydrogen-bond acceptors (Lipinski definition) is 4. The summed E-state index contributed by atoms with van der Waals surface area (Å²) in [6.07, 6.45) is 5.37. The smallest absolute Gasteiger partial charge is 0.334 e. The molecule has 2 saturated carbocycles. The lowest BCUT2D eigenvalue weighted by molar-refractivity contribution is -0.152. The van der Waals surface area contributed by atoms with Crippen LogP contribution < -0.4 is 4.74 Å². The molecule has 7 atom stereocenters. The fourth-order valence-corrected chi connectivity index (χ4v) is 5.44. The van der Waals surface area contributed by atoms with Crippen LogP contribution in [0.25, 0.3) is 0 Å². The van der Waals surface area contributed by atoms with E-state index in [1.54, 1.807) is 31.2 Å². The van der Waals surface area contributed by atoms with Crippen molar-refractivity contribution in [2.45, 2.75) is 19.4 Å². The first-order valence-electron chi connectivity index (χ1n) is 9.00. The molecule has 1 heterocycles. The van der Waals surface area contributed by atoms with Crippen LogP contribution in [0.1, 0.15) is 13.3 Å². The molecular formula is C20H18BrNO4. The van der Waals surface area contributed by atoms with Crippen molar-refractivity contribution in [1.82, 2.24) is 4.90 Å². The lowest BCUT2D eigenvalue weighted by Crippen LogP contribution is -2.45. The molecule has 0 N–H and O–H groups in total. The molecule has 2 bridgehead atoms. The molecule has 1 aliphatic heterocycles. The molecule has 0 radical (unpaired) electrons. The minimum Gasteiger partial charge on any atom is -0.425 e. The van der Waals surface area contributed by atoms with Crippen molar-refractivity contribution >= 4 is 33.7 Å². The fourth-order valence-electron chi connectivity index (χ4n) is 5.17. The minimum atomic E-state index is -0.917. The largest absolute Gasteiger partial charge is 0.425 e. The van der Waals surface area contributed by atoms with E-state index in [0.29, 0.717) is 17.6 Å². The van der Waals surface area contributed by atoms with E-state index in [9.17, 15) is 14.4 Å². The van der Waals surface area contributed by atoms with Gasteiger partial charge in [-0.1, -0.05) is 28.1 Å². The molecule has 2 amide bonds. The predicted molar refractivity (Wildman–Crippen MR) is 95.8 cm³/mol. The van der Waals surface area contributed by atoms with Gasteiger partial charge in [-0.3, -0.25) is 14.5 Å². The van der Waals surface area contributed by atoms with Crippen molar-refractivity contribution in [1.29, 1.82) is 0 Å². The number of benzene rings is 1. The second kappa shape index (κ2) is 5.52. The molecule has 0 aromatic heterocycles. The fraction of sp³-hybridized carbons (Fsp3) is 0.450. The van der Waals surface area contributed by atoms with E-state index in [1.165, 1.54) is 0 Å². The van der Waals surface area contributed by atoms with Gasteiger partial charge in [0.15, 0.2) is 0 Å². The van der Waals surface area contributed by atoms with Gasteiger partial charge in [-0.2, -0.15) is 0 Å². The molecule has 0 unspecified atom stereocenters. The Morgan fingerprint density at radius 2 is 1.62 bits per heavy atom. The van der Waals surface area contributed by atoms with Gasteiger partial charge in [-0.25, -0.2) is 4.79 Å². The second-order valence-electron chi connectivity index (χ2n) is 7.75. The van der Waals surface area contributed by atoms with E-state index in [0.717, 1.165) is 15.8 Å². The molecule has 1 aromatic carbocycles. The highest BCUT2D eigenvalue weighted by Crippen LogP contribution is 2.65. The number of likely N-dealkylation sites (tertiary alicyclic amines) is 1. The van der Waals surface area contributed by atoms with E-state index < -0.39 is 12.0 Å². The van der Waals surface area contributed by atoms with Crippen LogP contribution in [0.4, 0.5) is 0 Å². The Bertz CT molecular complexity index is 812. The number of amides is 2. The summed E-state index contributed by atoms with van der Waals surface area (Å²) in [7, 11) is 0. The highest BCUT2D eigenvalue weighted by atomic mass is 79.9. The van der Waals surface area contributed by atoms with E-state index in [2.05, 4.69) is 28.1 Å². The van der Waals surface area contributed by atoms with E-state index in [-0.39, 0.29) is 35.5 Å². The zero-order valence-corrected chi connectivity index (χ0v) is 15.8. The van der Waals surface area contributed by atoms with Crippen molar-refractivity contribution in [3.8, 4) is 5.75 Å². The maximum atomic E-state index is 13.0. The van der Waals surface area contributed by atoms with Gasteiger partial charge < -0.3 is 4.74 Å². The van der Waals surface area contributed by atoms with E-state index >= 15 is 0 Å². The van der Waals surface area contributed by atoms with Crippen LogP contribution in [0.15, 0.2) is 40.9 Å². The van der Waals surface area contributed by atoms with Gasteiger partial charge in [0.05, 0.1) is 11.8 Å². The SMILES string of the molecule is C[C@@H](C(=O)Oc1ccc(Br)cc1)N1C(=O)[C@@H]2[C@H]3C=C[C@H]([C@@H]4C[C@H]34)[C@@H]2C1=O. The number of rotatable bonds is 3. The Kier molecular flexibility index (Phi) is 3.45.